The Morgan fingerprint density at radius 1 is 1.18 bits per heavy atom. The van der Waals surface area contributed by atoms with E-state index in [4.69, 9.17) is 14.6 Å². The van der Waals surface area contributed by atoms with Gasteiger partial charge in [-0.15, -0.1) is 0 Å². The van der Waals surface area contributed by atoms with Crippen molar-refractivity contribution < 1.29 is 19.4 Å². The van der Waals surface area contributed by atoms with Gasteiger partial charge in [0.1, 0.15) is 12.4 Å². The Kier molecular flexibility index (Phi) is 5.55. The summed E-state index contributed by atoms with van der Waals surface area (Å²) >= 11 is 0. The van der Waals surface area contributed by atoms with Gasteiger partial charge in [-0.05, 0) is 41.5 Å². The quantitative estimate of drug-likeness (QED) is 0.658. The molecule has 0 aliphatic heterocycles. The fraction of sp³-hybridized carbons (Fsp3) is 0.278. The van der Waals surface area contributed by atoms with Crippen LogP contribution in [0.15, 0.2) is 48.6 Å². The Morgan fingerprint density at radius 3 is 2.64 bits per heavy atom. The average molecular weight is 300 g/mol. The summed E-state index contributed by atoms with van der Waals surface area (Å²) in [5.74, 6) is 0.188. The van der Waals surface area contributed by atoms with Crippen molar-refractivity contribution in [1.82, 2.24) is 0 Å². The smallest absolute Gasteiger partial charge is 0.313 e. The fourth-order valence-corrected chi connectivity index (χ4v) is 2.17. The highest BCUT2D eigenvalue weighted by molar-refractivity contribution is 5.86. The predicted molar refractivity (Wildman–Crippen MR) is 86.1 cm³/mol. The maximum absolute atomic E-state index is 12.0. The van der Waals surface area contributed by atoms with Crippen molar-refractivity contribution in [3.05, 3.63) is 54.1 Å². The number of carbonyl (C=O) groups excluding carboxylic acids is 1. The maximum atomic E-state index is 12.0. The molecule has 1 N–H and O–H groups in total. The molecule has 0 aromatic heterocycles. The molecule has 0 fully saturated rings. The Balaban J connectivity index is 2.12. The first-order valence-corrected chi connectivity index (χ1v) is 7.16. The highest BCUT2D eigenvalue weighted by Crippen LogP contribution is 2.25. The lowest BCUT2D eigenvalue weighted by Gasteiger charge is -2.12. The molecule has 2 aromatic carbocycles. The van der Waals surface area contributed by atoms with Gasteiger partial charge in [-0.2, -0.15) is 0 Å². The molecular weight excluding hydrogens is 280 g/mol. The minimum Gasteiger partial charge on any atom is -0.497 e. The molecule has 0 bridgehead atoms. The Morgan fingerprint density at radius 2 is 1.91 bits per heavy atom. The van der Waals surface area contributed by atoms with Gasteiger partial charge in [0.05, 0.1) is 19.6 Å². The van der Waals surface area contributed by atoms with E-state index >= 15 is 0 Å². The summed E-state index contributed by atoms with van der Waals surface area (Å²) in [6.45, 7) is 1.94. The van der Waals surface area contributed by atoms with E-state index in [1.807, 2.05) is 43.3 Å². The van der Waals surface area contributed by atoms with Gasteiger partial charge in [0.2, 0.25) is 0 Å². The average Bonchev–Trinajstić information content (AvgIpc) is 2.56. The number of rotatable bonds is 6. The highest BCUT2D eigenvalue weighted by Gasteiger charge is 2.16. The zero-order valence-electron chi connectivity index (χ0n) is 12.8. The summed E-state index contributed by atoms with van der Waals surface area (Å²) in [5, 5.41) is 10.7. The number of benzene rings is 2. The molecule has 0 amide bonds. The molecule has 0 saturated carbocycles. The third-order valence-corrected chi connectivity index (χ3v) is 3.52. The van der Waals surface area contributed by atoms with Crippen LogP contribution in [-0.4, -0.2) is 31.4 Å². The molecule has 0 spiro atoms. The van der Waals surface area contributed by atoms with Gasteiger partial charge in [-0.25, -0.2) is 0 Å². The first kappa shape index (κ1) is 16.0. The van der Waals surface area contributed by atoms with Crippen molar-refractivity contribution in [3.63, 3.8) is 0 Å². The van der Waals surface area contributed by atoms with Crippen molar-refractivity contribution in [2.75, 3.05) is 20.3 Å². The van der Waals surface area contributed by atoms with Crippen LogP contribution in [0.3, 0.4) is 0 Å². The monoisotopic (exact) mass is 300 g/mol. The second-order valence-corrected chi connectivity index (χ2v) is 4.98. The zero-order valence-corrected chi connectivity index (χ0v) is 12.8. The number of aliphatic hydroxyl groups is 1. The number of aliphatic hydroxyl groups excluding tert-OH is 1. The van der Waals surface area contributed by atoms with Gasteiger partial charge >= 0.3 is 5.97 Å². The van der Waals surface area contributed by atoms with Crippen molar-refractivity contribution >= 4 is 16.7 Å². The molecule has 4 heteroatoms. The van der Waals surface area contributed by atoms with Gasteiger partial charge in [-0.1, -0.05) is 30.3 Å². The van der Waals surface area contributed by atoms with E-state index in [-0.39, 0.29) is 25.1 Å². The maximum Gasteiger partial charge on any atom is 0.313 e. The molecule has 2 aromatic rings. The normalized spacial score (nSPS) is 12.5. The Labute approximate surface area is 130 Å². The number of esters is 1. The molecule has 22 heavy (non-hydrogen) atoms. The van der Waals surface area contributed by atoms with E-state index in [0.717, 1.165) is 22.1 Å². The van der Waals surface area contributed by atoms with Gasteiger partial charge in [0.15, 0.2) is 0 Å². The minimum absolute atomic E-state index is 0.0543. The molecule has 0 radical (unpaired) electrons. The molecule has 1 atom stereocenters. The number of fused-ring (bicyclic) bond motifs is 1. The number of carbonyl (C=O) groups is 1. The summed E-state index contributed by atoms with van der Waals surface area (Å²) in [5.41, 5.74) is 0.911. The largest absolute Gasteiger partial charge is 0.497 e. The summed E-state index contributed by atoms with van der Waals surface area (Å²) in [6, 6.07) is 11.7. The van der Waals surface area contributed by atoms with Crippen molar-refractivity contribution in [1.29, 1.82) is 0 Å². The first-order chi connectivity index (χ1) is 10.7. The molecule has 2 rings (SSSR count). The van der Waals surface area contributed by atoms with E-state index in [1.165, 1.54) is 0 Å². The second-order valence-electron chi connectivity index (χ2n) is 4.98. The molecule has 0 aliphatic rings. The van der Waals surface area contributed by atoms with Crippen LogP contribution in [0.5, 0.6) is 5.75 Å². The van der Waals surface area contributed by atoms with Crippen molar-refractivity contribution in [3.8, 4) is 5.75 Å². The minimum atomic E-state index is -0.339. The Hall–Kier alpha value is -2.33. The summed E-state index contributed by atoms with van der Waals surface area (Å²) in [7, 11) is 1.64. The van der Waals surface area contributed by atoms with Crippen LogP contribution in [0.2, 0.25) is 0 Å². The lowest BCUT2D eigenvalue weighted by molar-refractivity contribution is -0.143. The van der Waals surface area contributed by atoms with Crippen LogP contribution in [0.25, 0.3) is 10.8 Å². The molecule has 1 unspecified atom stereocenters. The number of hydrogen-bond donors (Lipinski definition) is 1. The third kappa shape index (κ3) is 3.86. The van der Waals surface area contributed by atoms with E-state index in [1.54, 1.807) is 19.3 Å². The summed E-state index contributed by atoms with van der Waals surface area (Å²) in [6.07, 6.45) is 3.17. The number of methoxy groups -OCH3 is 1. The zero-order chi connectivity index (χ0) is 15.9. The van der Waals surface area contributed by atoms with E-state index < -0.39 is 0 Å². The molecule has 0 heterocycles. The standard InChI is InChI=1S/C18H20O4/c1-13(18(20)22-10-4-3-9-19)14-5-6-16-12-17(21-2)8-7-15(16)11-14/h3-8,11-13,19H,9-10H2,1-2H3/b4-3-. The number of hydrogen-bond acceptors (Lipinski definition) is 4. The van der Waals surface area contributed by atoms with Gasteiger partial charge in [0.25, 0.3) is 0 Å². The molecule has 4 nitrogen and oxygen atoms in total. The van der Waals surface area contributed by atoms with Crippen molar-refractivity contribution in [2.24, 2.45) is 0 Å². The highest BCUT2D eigenvalue weighted by atomic mass is 16.5. The molecular formula is C18H20O4. The molecule has 0 saturated heterocycles. The summed E-state index contributed by atoms with van der Waals surface area (Å²) < 4.78 is 10.4. The van der Waals surface area contributed by atoms with E-state index in [9.17, 15) is 4.79 Å². The van der Waals surface area contributed by atoms with Gasteiger partial charge in [-0.3, -0.25) is 4.79 Å². The third-order valence-electron chi connectivity index (χ3n) is 3.52. The van der Waals surface area contributed by atoms with E-state index in [0.29, 0.717) is 0 Å². The Bertz CT molecular complexity index is 676. The van der Waals surface area contributed by atoms with Crippen LogP contribution in [0.1, 0.15) is 18.4 Å². The van der Waals surface area contributed by atoms with Crippen LogP contribution in [0.4, 0.5) is 0 Å². The van der Waals surface area contributed by atoms with Crippen LogP contribution < -0.4 is 4.74 Å². The first-order valence-electron chi connectivity index (χ1n) is 7.16. The SMILES string of the molecule is COc1ccc2cc(C(C)C(=O)OC/C=C\CO)ccc2c1. The van der Waals surface area contributed by atoms with Crippen LogP contribution in [-0.2, 0) is 9.53 Å². The van der Waals surface area contributed by atoms with E-state index in [2.05, 4.69) is 0 Å². The predicted octanol–water partition coefficient (Wildman–Crippen LogP) is 3.04. The van der Waals surface area contributed by atoms with Crippen LogP contribution in [0, 0.1) is 0 Å². The molecule has 0 aliphatic carbocycles. The van der Waals surface area contributed by atoms with Gasteiger partial charge < -0.3 is 14.6 Å². The summed E-state index contributed by atoms with van der Waals surface area (Å²) in [4.78, 5) is 12.0. The van der Waals surface area contributed by atoms with Crippen LogP contribution >= 0.6 is 0 Å². The van der Waals surface area contributed by atoms with Gasteiger partial charge in [0, 0.05) is 0 Å². The molecule has 116 valence electrons. The van der Waals surface area contributed by atoms with Crippen molar-refractivity contribution in [2.45, 2.75) is 12.8 Å². The lowest BCUT2D eigenvalue weighted by atomic mass is 9.98. The number of ether oxygens (including phenoxy) is 2. The second kappa shape index (κ2) is 7.61. The lowest BCUT2D eigenvalue weighted by Crippen LogP contribution is -2.13. The fourth-order valence-electron chi connectivity index (χ4n) is 2.17. The topological polar surface area (TPSA) is 55.8 Å².